The van der Waals surface area contributed by atoms with Gasteiger partial charge in [0.1, 0.15) is 0 Å². The number of rotatable bonds is 4. The highest BCUT2D eigenvalue weighted by molar-refractivity contribution is 5.37. The van der Waals surface area contributed by atoms with Crippen LogP contribution in [0.15, 0.2) is 24.4 Å². The minimum atomic E-state index is -4.38. The molecule has 0 unspecified atom stereocenters. The van der Waals surface area contributed by atoms with E-state index in [0.29, 0.717) is 23.6 Å². The number of alkyl halides is 3. The molecule has 4 heterocycles. The topological polar surface area (TPSA) is 53.9 Å². The van der Waals surface area contributed by atoms with Crippen molar-refractivity contribution in [1.29, 1.82) is 0 Å². The molecule has 0 bridgehead atoms. The number of nitrogens with zero attached hydrogens (tertiary/aromatic N) is 4. The predicted octanol–water partition coefficient (Wildman–Crippen LogP) is 3.94. The molecule has 2 aliphatic rings. The molecule has 4 rings (SSSR count). The molecule has 8 heteroatoms. The number of anilines is 1. The largest absolute Gasteiger partial charge is 0.416 e. The number of pyridine rings is 1. The van der Waals surface area contributed by atoms with Gasteiger partial charge in [-0.15, -0.1) is 0 Å². The summed E-state index contributed by atoms with van der Waals surface area (Å²) in [4.78, 5) is 16.0. The SMILES string of the molecule is C[C@H]1CCCN1c1nc(Cc2cc(C(F)(F)F)ccn2)cc(C2CCNCC2)n1. The zero-order chi connectivity index (χ0) is 20.4. The van der Waals surface area contributed by atoms with E-state index in [1.54, 1.807) is 0 Å². The third-order valence-electron chi connectivity index (χ3n) is 5.86. The summed E-state index contributed by atoms with van der Waals surface area (Å²) in [5.74, 6) is 1.05. The summed E-state index contributed by atoms with van der Waals surface area (Å²) in [5, 5.41) is 3.37. The van der Waals surface area contributed by atoms with Gasteiger partial charge in [-0.05, 0) is 63.9 Å². The normalized spacial score (nSPS) is 21.0. The second-order valence-electron chi connectivity index (χ2n) is 8.00. The van der Waals surface area contributed by atoms with E-state index in [2.05, 4.69) is 22.1 Å². The third kappa shape index (κ3) is 4.69. The molecule has 2 saturated heterocycles. The van der Waals surface area contributed by atoms with Crippen LogP contribution in [0.25, 0.3) is 0 Å². The minimum Gasteiger partial charge on any atom is -0.338 e. The fourth-order valence-electron chi connectivity index (χ4n) is 4.22. The van der Waals surface area contributed by atoms with Crippen LogP contribution in [0.1, 0.15) is 61.2 Å². The lowest BCUT2D eigenvalue weighted by Gasteiger charge is -2.26. The molecule has 1 N–H and O–H groups in total. The number of nitrogens with one attached hydrogen (secondary N) is 1. The second-order valence-corrected chi connectivity index (χ2v) is 8.00. The van der Waals surface area contributed by atoms with Gasteiger partial charge in [0, 0.05) is 42.5 Å². The van der Waals surface area contributed by atoms with Gasteiger partial charge in [0.25, 0.3) is 0 Å². The van der Waals surface area contributed by atoms with Crippen molar-refractivity contribution in [2.45, 2.75) is 57.2 Å². The van der Waals surface area contributed by atoms with Gasteiger partial charge < -0.3 is 10.2 Å². The number of halogens is 3. The zero-order valence-corrected chi connectivity index (χ0v) is 16.5. The van der Waals surface area contributed by atoms with E-state index in [4.69, 9.17) is 9.97 Å². The molecular weight excluding hydrogens is 379 g/mol. The highest BCUT2D eigenvalue weighted by Crippen LogP contribution is 2.31. The van der Waals surface area contributed by atoms with Gasteiger partial charge in [0.15, 0.2) is 0 Å². The van der Waals surface area contributed by atoms with Crippen LogP contribution < -0.4 is 10.2 Å². The van der Waals surface area contributed by atoms with Gasteiger partial charge in [-0.3, -0.25) is 4.98 Å². The zero-order valence-electron chi connectivity index (χ0n) is 16.5. The maximum atomic E-state index is 13.1. The van der Waals surface area contributed by atoms with E-state index >= 15 is 0 Å². The molecule has 2 aromatic heterocycles. The minimum absolute atomic E-state index is 0.264. The van der Waals surface area contributed by atoms with Crippen LogP contribution in [-0.4, -0.2) is 40.6 Å². The Morgan fingerprint density at radius 3 is 2.59 bits per heavy atom. The Morgan fingerprint density at radius 1 is 1.10 bits per heavy atom. The number of hydrogen-bond acceptors (Lipinski definition) is 5. The first-order valence-electron chi connectivity index (χ1n) is 10.3. The predicted molar refractivity (Wildman–Crippen MR) is 105 cm³/mol. The standard InChI is InChI=1S/C21H26F3N5/c1-14-3-2-10-29(14)20-27-18(13-19(28-20)15-4-7-25-8-5-15)12-17-11-16(6-9-26-17)21(22,23)24/h6,9,11,13-15,25H,2-5,7-8,10,12H2,1H3/t14-/m0/s1. The van der Waals surface area contributed by atoms with E-state index in [1.165, 1.54) is 6.20 Å². The van der Waals surface area contributed by atoms with Crippen molar-refractivity contribution in [3.8, 4) is 0 Å². The van der Waals surface area contributed by atoms with Gasteiger partial charge in [-0.1, -0.05) is 0 Å². The molecule has 2 fully saturated rings. The van der Waals surface area contributed by atoms with E-state index in [0.717, 1.165) is 68.8 Å². The maximum absolute atomic E-state index is 13.1. The molecule has 156 valence electrons. The Morgan fingerprint density at radius 2 is 1.90 bits per heavy atom. The summed E-state index contributed by atoms with van der Waals surface area (Å²) in [6, 6.07) is 4.45. The van der Waals surface area contributed by atoms with Crippen molar-refractivity contribution >= 4 is 5.95 Å². The summed E-state index contributed by atoms with van der Waals surface area (Å²) in [5.41, 5.74) is 1.42. The van der Waals surface area contributed by atoms with Gasteiger partial charge in [0.2, 0.25) is 5.95 Å². The first kappa shape index (κ1) is 20.1. The second kappa shape index (κ2) is 8.26. The molecule has 0 saturated carbocycles. The highest BCUT2D eigenvalue weighted by atomic mass is 19.4. The molecule has 0 radical (unpaired) electrons. The van der Waals surface area contributed by atoms with Crippen molar-refractivity contribution < 1.29 is 13.2 Å². The van der Waals surface area contributed by atoms with Crippen LogP contribution in [0, 0.1) is 0 Å². The van der Waals surface area contributed by atoms with Gasteiger partial charge >= 0.3 is 6.18 Å². The Hall–Kier alpha value is -2.22. The molecule has 5 nitrogen and oxygen atoms in total. The Labute approximate surface area is 168 Å². The van der Waals surface area contributed by atoms with Crippen molar-refractivity contribution in [3.63, 3.8) is 0 Å². The van der Waals surface area contributed by atoms with Crippen LogP contribution in [0.2, 0.25) is 0 Å². The Balaban J connectivity index is 1.66. The molecule has 1 atom stereocenters. The molecule has 0 amide bonds. The first-order valence-corrected chi connectivity index (χ1v) is 10.3. The molecule has 2 aliphatic heterocycles. The fraction of sp³-hybridized carbons (Fsp3) is 0.571. The monoisotopic (exact) mass is 405 g/mol. The summed E-state index contributed by atoms with van der Waals surface area (Å²) in [7, 11) is 0. The molecule has 29 heavy (non-hydrogen) atoms. The molecule has 0 aromatic carbocycles. The van der Waals surface area contributed by atoms with Crippen LogP contribution in [0.4, 0.5) is 19.1 Å². The molecule has 0 aliphatic carbocycles. The van der Waals surface area contributed by atoms with Crippen molar-refractivity contribution in [2.24, 2.45) is 0 Å². The number of piperidine rings is 1. The van der Waals surface area contributed by atoms with Gasteiger partial charge in [-0.25, -0.2) is 9.97 Å². The van der Waals surface area contributed by atoms with E-state index in [9.17, 15) is 13.2 Å². The Kier molecular flexibility index (Phi) is 5.72. The maximum Gasteiger partial charge on any atom is 0.416 e. The van der Waals surface area contributed by atoms with Crippen molar-refractivity contribution in [1.82, 2.24) is 20.3 Å². The lowest BCUT2D eigenvalue weighted by molar-refractivity contribution is -0.137. The van der Waals surface area contributed by atoms with Gasteiger partial charge in [-0.2, -0.15) is 13.2 Å². The summed E-state index contributed by atoms with van der Waals surface area (Å²) in [6.07, 6.45) is 1.33. The summed E-state index contributed by atoms with van der Waals surface area (Å²) < 4.78 is 39.2. The number of aromatic nitrogens is 3. The van der Waals surface area contributed by atoms with E-state index in [1.807, 2.05) is 6.07 Å². The van der Waals surface area contributed by atoms with Crippen LogP contribution >= 0.6 is 0 Å². The average Bonchev–Trinajstić information content (AvgIpc) is 3.14. The van der Waals surface area contributed by atoms with E-state index < -0.39 is 11.7 Å². The van der Waals surface area contributed by atoms with Gasteiger partial charge in [0.05, 0.1) is 11.3 Å². The van der Waals surface area contributed by atoms with Crippen molar-refractivity contribution in [2.75, 3.05) is 24.5 Å². The first-order chi connectivity index (χ1) is 13.9. The third-order valence-corrected chi connectivity index (χ3v) is 5.86. The molecular formula is C21H26F3N5. The van der Waals surface area contributed by atoms with Crippen LogP contribution in [0.3, 0.4) is 0 Å². The average molecular weight is 405 g/mol. The van der Waals surface area contributed by atoms with Crippen molar-refractivity contribution in [3.05, 3.63) is 47.0 Å². The summed E-state index contributed by atoms with van der Waals surface area (Å²) >= 11 is 0. The summed E-state index contributed by atoms with van der Waals surface area (Å²) in [6.45, 7) is 4.99. The molecule has 2 aromatic rings. The van der Waals surface area contributed by atoms with E-state index in [-0.39, 0.29) is 6.42 Å². The smallest absolute Gasteiger partial charge is 0.338 e. The Bertz CT molecular complexity index is 848. The van der Waals surface area contributed by atoms with Crippen LogP contribution in [-0.2, 0) is 12.6 Å². The fourth-order valence-corrected chi connectivity index (χ4v) is 4.22. The van der Waals surface area contributed by atoms with Crippen LogP contribution in [0.5, 0.6) is 0 Å². The molecule has 0 spiro atoms. The highest BCUT2D eigenvalue weighted by Gasteiger charge is 2.31. The quantitative estimate of drug-likeness (QED) is 0.835. The number of hydrogen-bond donors (Lipinski definition) is 1. The lowest BCUT2D eigenvalue weighted by Crippen LogP contribution is -2.30. The lowest BCUT2D eigenvalue weighted by atomic mass is 9.93.